The van der Waals surface area contributed by atoms with Crippen LogP contribution in [-0.4, -0.2) is 35.7 Å². The molecule has 1 aromatic heterocycles. The number of anilines is 2. The number of nitrogen functional groups attached to an aromatic ring is 1. The number of ether oxygens (including phenoxy) is 2. The second kappa shape index (κ2) is 5.88. The van der Waals surface area contributed by atoms with Gasteiger partial charge in [0.05, 0.1) is 13.2 Å². The van der Waals surface area contributed by atoms with E-state index in [2.05, 4.69) is 20.0 Å². The lowest BCUT2D eigenvalue weighted by Gasteiger charge is -2.13. The molecule has 0 fully saturated rings. The van der Waals surface area contributed by atoms with Gasteiger partial charge in [0.1, 0.15) is 18.6 Å². The molecule has 0 amide bonds. The molecule has 0 saturated carbocycles. The molecule has 0 unspecified atom stereocenters. The Balaban J connectivity index is 2.76. The highest BCUT2D eigenvalue weighted by Crippen LogP contribution is 2.24. The Morgan fingerprint density at radius 3 is 2.82 bits per heavy atom. The summed E-state index contributed by atoms with van der Waals surface area (Å²) >= 11 is 0. The summed E-state index contributed by atoms with van der Waals surface area (Å²) in [5, 5.41) is 2.75. The second-order valence-electron chi connectivity index (χ2n) is 3.54. The standard InChI is InChI=1S/C10H16N4O3/c1-6(2)17-10-8(11)9(13-5-14-10)12-4-7(15)16-3/h5-6H,4,11H2,1-3H3,(H,12,13,14). The van der Waals surface area contributed by atoms with Gasteiger partial charge in [-0.3, -0.25) is 4.79 Å². The van der Waals surface area contributed by atoms with Crippen LogP contribution in [0.15, 0.2) is 6.33 Å². The number of hydrogen-bond donors (Lipinski definition) is 2. The van der Waals surface area contributed by atoms with Crippen molar-refractivity contribution >= 4 is 17.5 Å². The van der Waals surface area contributed by atoms with E-state index in [4.69, 9.17) is 10.5 Å². The van der Waals surface area contributed by atoms with Crippen LogP contribution >= 0.6 is 0 Å². The van der Waals surface area contributed by atoms with Crippen LogP contribution in [-0.2, 0) is 9.53 Å². The average Bonchev–Trinajstić information content (AvgIpc) is 2.29. The average molecular weight is 240 g/mol. The van der Waals surface area contributed by atoms with Crippen LogP contribution in [0.4, 0.5) is 11.5 Å². The predicted octanol–water partition coefficient (Wildman–Crippen LogP) is 0.431. The predicted molar refractivity (Wildman–Crippen MR) is 62.7 cm³/mol. The highest BCUT2D eigenvalue weighted by Gasteiger charge is 2.11. The van der Waals surface area contributed by atoms with E-state index in [1.807, 2.05) is 13.8 Å². The summed E-state index contributed by atoms with van der Waals surface area (Å²) in [6, 6.07) is 0. The van der Waals surface area contributed by atoms with Gasteiger partial charge < -0.3 is 20.5 Å². The van der Waals surface area contributed by atoms with Crippen LogP contribution in [0.25, 0.3) is 0 Å². The maximum absolute atomic E-state index is 11.0. The van der Waals surface area contributed by atoms with E-state index < -0.39 is 5.97 Å². The number of carbonyl (C=O) groups is 1. The van der Waals surface area contributed by atoms with Crippen molar-refractivity contribution in [3.8, 4) is 5.88 Å². The van der Waals surface area contributed by atoms with Crippen LogP contribution in [0.2, 0.25) is 0 Å². The van der Waals surface area contributed by atoms with Gasteiger partial charge in [-0.05, 0) is 13.8 Å². The monoisotopic (exact) mass is 240 g/mol. The van der Waals surface area contributed by atoms with E-state index in [-0.39, 0.29) is 18.3 Å². The molecule has 0 aliphatic rings. The Labute approximate surface area is 99.3 Å². The van der Waals surface area contributed by atoms with Crippen molar-refractivity contribution in [2.24, 2.45) is 0 Å². The van der Waals surface area contributed by atoms with Gasteiger partial charge >= 0.3 is 5.97 Å². The maximum Gasteiger partial charge on any atom is 0.325 e. The Bertz CT molecular complexity index is 395. The molecule has 1 heterocycles. The number of nitrogens with zero attached hydrogens (tertiary/aromatic N) is 2. The lowest BCUT2D eigenvalue weighted by Crippen LogP contribution is -2.17. The van der Waals surface area contributed by atoms with Crippen LogP contribution < -0.4 is 15.8 Å². The molecule has 7 nitrogen and oxygen atoms in total. The van der Waals surface area contributed by atoms with Crippen molar-refractivity contribution in [2.75, 3.05) is 24.7 Å². The van der Waals surface area contributed by atoms with Crippen LogP contribution in [0, 0.1) is 0 Å². The number of carbonyl (C=O) groups excluding carboxylic acids is 1. The normalized spacial score (nSPS) is 10.1. The van der Waals surface area contributed by atoms with Crippen molar-refractivity contribution in [2.45, 2.75) is 20.0 Å². The quantitative estimate of drug-likeness (QED) is 0.720. The van der Waals surface area contributed by atoms with Crippen LogP contribution in [0.3, 0.4) is 0 Å². The third-order valence-electron chi connectivity index (χ3n) is 1.82. The van der Waals surface area contributed by atoms with E-state index in [1.165, 1.54) is 13.4 Å². The fourth-order valence-corrected chi connectivity index (χ4v) is 1.07. The molecule has 94 valence electrons. The van der Waals surface area contributed by atoms with E-state index in [0.717, 1.165) is 0 Å². The van der Waals surface area contributed by atoms with Crippen LogP contribution in [0.5, 0.6) is 5.88 Å². The first-order chi connectivity index (χ1) is 8.04. The minimum Gasteiger partial charge on any atom is -0.473 e. The highest BCUT2D eigenvalue weighted by atomic mass is 16.5. The SMILES string of the molecule is COC(=O)CNc1ncnc(OC(C)C)c1N. The van der Waals surface area contributed by atoms with Gasteiger partial charge in [0.15, 0.2) is 5.82 Å². The smallest absolute Gasteiger partial charge is 0.325 e. The lowest BCUT2D eigenvalue weighted by molar-refractivity contribution is -0.138. The van der Waals surface area contributed by atoms with Crippen molar-refractivity contribution in [1.82, 2.24) is 9.97 Å². The summed E-state index contributed by atoms with van der Waals surface area (Å²) in [6.07, 6.45) is 1.27. The number of esters is 1. The van der Waals surface area contributed by atoms with E-state index in [0.29, 0.717) is 11.7 Å². The summed E-state index contributed by atoms with van der Waals surface area (Å²) in [4.78, 5) is 18.8. The molecule has 0 aliphatic carbocycles. The van der Waals surface area contributed by atoms with E-state index in [1.54, 1.807) is 0 Å². The zero-order valence-electron chi connectivity index (χ0n) is 10.1. The molecule has 0 aromatic carbocycles. The number of nitrogens with two attached hydrogens (primary N) is 1. The molecule has 17 heavy (non-hydrogen) atoms. The zero-order valence-corrected chi connectivity index (χ0v) is 10.1. The fraction of sp³-hybridized carbons (Fsp3) is 0.500. The first-order valence-corrected chi connectivity index (χ1v) is 5.12. The Kier molecular flexibility index (Phi) is 4.50. The summed E-state index contributed by atoms with van der Waals surface area (Å²) < 4.78 is 9.88. The first-order valence-electron chi connectivity index (χ1n) is 5.12. The molecule has 0 spiro atoms. The molecule has 0 atom stereocenters. The number of hydrogen-bond acceptors (Lipinski definition) is 7. The molecular weight excluding hydrogens is 224 g/mol. The number of rotatable bonds is 5. The van der Waals surface area contributed by atoms with Gasteiger partial charge in [-0.15, -0.1) is 0 Å². The Hall–Kier alpha value is -2.05. The highest BCUT2D eigenvalue weighted by molar-refractivity contribution is 5.77. The Morgan fingerprint density at radius 1 is 1.53 bits per heavy atom. The summed E-state index contributed by atoms with van der Waals surface area (Å²) in [6.45, 7) is 3.71. The molecule has 0 aliphatic heterocycles. The third-order valence-corrected chi connectivity index (χ3v) is 1.82. The minimum absolute atomic E-state index is 0.0150. The molecule has 0 radical (unpaired) electrons. The summed E-state index contributed by atoms with van der Waals surface area (Å²) in [5.74, 6) is 0.234. The second-order valence-corrected chi connectivity index (χ2v) is 3.54. The number of aromatic nitrogens is 2. The van der Waals surface area contributed by atoms with E-state index in [9.17, 15) is 4.79 Å². The molecule has 0 saturated heterocycles. The first kappa shape index (κ1) is 13.0. The molecule has 0 bridgehead atoms. The van der Waals surface area contributed by atoms with Gasteiger partial charge in [0, 0.05) is 0 Å². The zero-order chi connectivity index (χ0) is 12.8. The Morgan fingerprint density at radius 2 is 2.24 bits per heavy atom. The lowest BCUT2D eigenvalue weighted by atomic mass is 10.4. The van der Waals surface area contributed by atoms with Gasteiger partial charge in [-0.25, -0.2) is 4.98 Å². The third kappa shape index (κ3) is 3.78. The van der Waals surface area contributed by atoms with Gasteiger partial charge in [0.25, 0.3) is 0 Å². The van der Waals surface area contributed by atoms with Gasteiger partial charge in [-0.1, -0.05) is 0 Å². The molecule has 1 rings (SSSR count). The molecule has 3 N–H and O–H groups in total. The van der Waals surface area contributed by atoms with Crippen LogP contribution in [0.1, 0.15) is 13.8 Å². The largest absolute Gasteiger partial charge is 0.473 e. The van der Waals surface area contributed by atoms with Crippen molar-refractivity contribution in [1.29, 1.82) is 0 Å². The molecule has 7 heteroatoms. The van der Waals surface area contributed by atoms with E-state index >= 15 is 0 Å². The topological polar surface area (TPSA) is 99.4 Å². The van der Waals surface area contributed by atoms with Crippen molar-refractivity contribution in [3.05, 3.63) is 6.33 Å². The van der Waals surface area contributed by atoms with Gasteiger partial charge in [0.2, 0.25) is 5.88 Å². The number of nitrogens with one attached hydrogen (secondary N) is 1. The summed E-state index contributed by atoms with van der Waals surface area (Å²) in [7, 11) is 1.31. The molecule has 1 aromatic rings. The van der Waals surface area contributed by atoms with Crippen molar-refractivity contribution < 1.29 is 14.3 Å². The maximum atomic E-state index is 11.0. The molecular formula is C10H16N4O3. The van der Waals surface area contributed by atoms with Gasteiger partial charge in [-0.2, -0.15) is 4.98 Å². The number of methoxy groups -OCH3 is 1. The fourth-order valence-electron chi connectivity index (χ4n) is 1.07. The van der Waals surface area contributed by atoms with Crippen molar-refractivity contribution in [3.63, 3.8) is 0 Å². The minimum atomic E-state index is -0.408. The summed E-state index contributed by atoms with van der Waals surface area (Å²) in [5.41, 5.74) is 6.06.